The number of nitrogens with one attached hydrogen (secondary N) is 1. The van der Waals surface area contributed by atoms with Gasteiger partial charge in [-0.05, 0) is 23.3 Å². The van der Waals surface area contributed by atoms with Crippen LogP contribution in [0, 0.1) is 0 Å². The standard InChI is InChI=1S/C19H20ClNO3S/c20-16-9-15(10-17-19(16)24-8-4-7-23-17)12-25-13-18(22)21-11-14-5-2-1-3-6-14/h1-3,5-6,9-10H,4,7-8,11-13H2,(H,21,22). The highest BCUT2D eigenvalue weighted by Crippen LogP contribution is 2.38. The third kappa shape index (κ3) is 5.31. The smallest absolute Gasteiger partial charge is 0.230 e. The van der Waals surface area contributed by atoms with Gasteiger partial charge in [0, 0.05) is 18.7 Å². The van der Waals surface area contributed by atoms with Gasteiger partial charge in [0.05, 0.1) is 24.0 Å². The highest BCUT2D eigenvalue weighted by Gasteiger charge is 2.15. The molecule has 1 N–H and O–H groups in total. The fourth-order valence-electron chi connectivity index (χ4n) is 2.48. The Hall–Kier alpha value is -1.85. The molecule has 1 amide bonds. The monoisotopic (exact) mass is 377 g/mol. The Balaban J connectivity index is 1.48. The van der Waals surface area contributed by atoms with Crippen molar-refractivity contribution in [2.75, 3.05) is 19.0 Å². The lowest BCUT2D eigenvalue weighted by molar-refractivity contribution is -0.118. The minimum absolute atomic E-state index is 0.0225. The van der Waals surface area contributed by atoms with Gasteiger partial charge in [0.15, 0.2) is 11.5 Å². The van der Waals surface area contributed by atoms with Crippen LogP contribution in [0.3, 0.4) is 0 Å². The van der Waals surface area contributed by atoms with Crippen molar-refractivity contribution < 1.29 is 14.3 Å². The third-order valence-corrected chi connectivity index (χ3v) is 4.98. The number of carbonyl (C=O) groups excluding carboxylic acids is 1. The van der Waals surface area contributed by atoms with Crippen LogP contribution in [0.1, 0.15) is 17.5 Å². The number of amides is 1. The molecule has 0 aliphatic carbocycles. The van der Waals surface area contributed by atoms with Crippen LogP contribution in [0.15, 0.2) is 42.5 Å². The maximum Gasteiger partial charge on any atom is 0.230 e. The van der Waals surface area contributed by atoms with E-state index in [9.17, 15) is 4.79 Å². The molecule has 2 aromatic carbocycles. The van der Waals surface area contributed by atoms with Gasteiger partial charge in [-0.3, -0.25) is 4.79 Å². The quantitative estimate of drug-likeness (QED) is 0.825. The number of fused-ring (bicyclic) bond motifs is 1. The molecule has 6 heteroatoms. The maximum atomic E-state index is 11.9. The Morgan fingerprint density at radius 2 is 1.92 bits per heavy atom. The second kappa shape index (κ2) is 9.02. The Bertz CT molecular complexity index is 724. The van der Waals surface area contributed by atoms with Crippen LogP contribution < -0.4 is 14.8 Å². The van der Waals surface area contributed by atoms with Crippen LogP contribution in [0.25, 0.3) is 0 Å². The highest BCUT2D eigenvalue weighted by atomic mass is 35.5. The van der Waals surface area contributed by atoms with Gasteiger partial charge in [-0.1, -0.05) is 41.9 Å². The minimum atomic E-state index is 0.0225. The van der Waals surface area contributed by atoms with Crippen LogP contribution in [0.5, 0.6) is 11.5 Å². The molecular formula is C19H20ClNO3S. The number of hydrogen-bond donors (Lipinski definition) is 1. The van der Waals surface area contributed by atoms with Gasteiger partial charge in [0.25, 0.3) is 0 Å². The molecule has 0 unspecified atom stereocenters. The summed E-state index contributed by atoms with van der Waals surface area (Å²) < 4.78 is 11.3. The molecule has 2 aromatic rings. The normalized spacial score (nSPS) is 13.2. The molecule has 0 bridgehead atoms. The predicted molar refractivity (Wildman–Crippen MR) is 102 cm³/mol. The number of carbonyl (C=O) groups is 1. The molecule has 0 saturated carbocycles. The van der Waals surface area contributed by atoms with Crippen molar-refractivity contribution in [3.8, 4) is 11.5 Å². The van der Waals surface area contributed by atoms with Gasteiger partial charge in [-0.25, -0.2) is 0 Å². The van der Waals surface area contributed by atoms with Crippen LogP contribution in [-0.4, -0.2) is 24.9 Å². The lowest BCUT2D eigenvalue weighted by Gasteiger charge is -2.11. The lowest BCUT2D eigenvalue weighted by atomic mass is 10.2. The fourth-order valence-corrected chi connectivity index (χ4v) is 3.56. The van der Waals surface area contributed by atoms with E-state index in [1.165, 1.54) is 0 Å². The highest BCUT2D eigenvalue weighted by molar-refractivity contribution is 7.99. The zero-order chi connectivity index (χ0) is 17.5. The van der Waals surface area contributed by atoms with Crippen molar-refractivity contribution in [1.29, 1.82) is 0 Å². The molecule has 25 heavy (non-hydrogen) atoms. The molecule has 1 aliphatic rings. The number of ether oxygens (including phenoxy) is 2. The van der Waals surface area contributed by atoms with Crippen molar-refractivity contribution in [1.82, 2.24) is 5.32 Å². The molecule has 0 saturated heterocycles. The Morgan fingerprint density at radius 3 is 2.76 bits per heavy atom. The number of rotatable bonds is 6. The van der Waals surface area contributed by atoms with Gasteiger partial charge in [-0.15, -0.1) is 11.8 Å². The summed E-state index contributed by atoms with van der Waals surface area (Å²) in [4.78, 5) is 11.9. The minimum Gasteiger partial charge on any atom is -0.489 e. The molecule has 0 fully saturated rings. The summed E-state index contributed by atoms with van der Waals surface area (Å²) in [7, 11) is 0. The van der Waals surface area contributed by atoms with Crippen LogP contribution in [-0.2, 0) is 17.1 Å². The van der Waals surface area contributed by atoms with Gasteiger partial charge in [-0.2, -0.15) is 0 Å². The number of thioether (sulfide) groups is 1. The lowest BCUT2D eigenvalue weighted by Crippen LogP contribution is -2.24. The van der Waals surface area contributed by atoms with E-state index in [1.54, 1.807) is 11.8 Å². The molecule has 4 nitrogen and oxygen atoms in total. The summed E-state index contributed by atoms with van der Waals surface area (Å²) >= 11 is 7.83. The molecule has 0 atom stereocenters. The van der Waals surface area contributed by atoms with E-state index in [1.807, 2.05) is 42.5 Å². The molecule has 1 aliphatic heterocycles. The first kappa shape index (κ1) is 18.0. The van der Waals surface area contributed by atoms with Crippen molar-refractivity contribution in [3.63, 3.8) is 0 Å². The maximum absolute atomic E-state index is 11.9. The van der Waals surface area contributed by atoms with Crippen molar-refractivity contribution in [2.24, 2.45) is 0 Å². The second-order valence-corrected chi connectivity index (χ2v) is 7.10. The zero-order valence-electron chi connectivity index (χ0n) is 13.8. The van der Waals surface area contributed by atoms with Gasteiger partial charge < -0.3 is 14.8 Å². The number of benzene rings is 2. The molecule has 1 heterocycles. The van der Waals surface area contributed by atoms with Crippen LogP contribution >= 0.6 is 23.4 Å². The van der Waals surface area contributed by atoms with Crippen LogP contribution in [0.4, 0.5) is 0 Å². The molecule has 0 spiro atoms. The predicted octanol–water partition coefficient (Wildman–Crippen LogP) is 4.05. The number of halogens is 1. The third-order valence-electron chi connectivity index (χ3n) is 3.70. The first-order chi connectivity index (χ1) is 12.2. The van der Waals surface area contributed by atoms with Gasteiger partial charge in [0.1, 0.15) is 0 Å². The van der Waals surface area contributed by atoms with E-state index in [4.69, 9.17) is 21.1 Å². The summed E-state index contributed by atoms with van der Waals surface area (Å²) in [6.45, 7) is 1.79. The first-order valence-electron chi connectivity index (χ1n) is 8.19. The van der Waals surface area contributed by atoms with E-state index >= 15 is 0 Å². The number of hydrogen-bond acceptors (Lipinski definition) is 4. The average molecular weight is 378 g/mol. The summed E-state index contributed by atoms with van der Waals surface area (Å²) in [5.41, 5.74) is 2.12. The van der Waals surface area contributed by atoms with Crippen LogP contribution in [0.2, 0.25) is 5.02 Å². The fraction of sp³-hybridized carbons (Fsp3) is 0.316. The topological polar surface area (TPSA) is 47.6 Å². The molecule has 132 valence electrons. The SMILES string of the molecule is O=C(CSCc1cc(Cl)c2c(c1)OCCCO2)NCc1ccccc1. The zero-order valence-corrected chi connectivity index (χ0v) is 15.4. The molecule has 0 radical (unpaired) electrons. The van der Waals surface area contributed by atoms with Crippen molar-refractivity contribution >= 4 is 29.3 Å². The average Bonchev–Trinajstić information content (AvgIpc) is 2.87. The van der Waals surface area contributed by atoms with E-state index in [0.717, 1.165) is 17.5 Å². The summed E-state index contributed by atoms with van der Waals surface area (Å²) in [5, 5.41) is 3.48. The summed E-state index contributed by atoms with van der Waals surface area (Å²) in [6.07, 6.45) is 0.844. The second-order valence-electron chi connectivity index (χ2n) is 5.71. The molecular weight excluding hydrogens is 358 g/mol. The first-order valence-corrected chi connectivity index (χ1v) is 9.72. The van der Waals surface area contributed by atoms with Gasteiger partial charge >= 0.3 is 0 Å². The van der Waals surface area contributed by atoms with Gasteiger partial charge in [0.2, 0.25) is 5.91 Å². The molecule has 0 aromatic heterocycles. The van der Waals surface area contributed by atoms with E-state index in [-0.39, 0.29) is 5.91 Å². The van der Waals surface area contributed by atoms with E-state index in [0.29, 0.717) is 47.8 Å². The Kier molecular flexibility index (Phi) is 6.48. The van der Waals surface area contributed by atoms with E-state index in [2.05, 4.69) is 5.32 Å². The Morgan fingerprint density at radius 1 is 1.12 bits per heavy atom. The van der Waals surface area contributed by atoms with Crippen molar-refractivity contribution in [3.05, 3.63) is 58.6 Å². The van der Waals surface area contributed by atoms with Crippen molar-refractivity contribution in [2.45, 2.75) is 18.7 Å². The molecule has 3 rings (SSSR count). The van der Waals surface area contributed by atoms with E-state index < -0.39 is 0 Å². The summed E-state index contributed by atoms with van der Waals surface area (Å²) in [5.74, 6) is 2.42. The summed E-state index contributed by atoms with van der Waals surface area (Å²) in [6, 6.07) is 13.7. The Labute approximate surface area is 156 Å². The largest absolute Gasteiger partial charge is 0.489 e.